The summed E-state index contributed by atoms with van der Waals surface area (Å²) in [5, 5.41) is 9.65. The first kappa shape index (κ1) is 14.3. The van der Waals surface area contributed by atoms with Gasteiger partial charge < -0.3 is 9.84 Å². The molecule has 0 fully saturated rings. The molecule has 6 nitrogen and oxygen atoms in total. The average molecular weight is 295 g/mol. The number of nitrogens with zero attached hydrogens (tertiary/aromatic N) is 2. The van der Waals surface area contributed by atoms with Crippen LogP contribution >= 0.6 is 11.6 Å². The first-order chi connectivity index (χ1) is 9.58. The van der Waals surface area contributed by atoms with E-state index in [4.69, 9.17) is 16.1 Å². The molecule has 0 aliphatic rings. The molecule has 1 amide bonds. The molecule has 0 radical (unpaired) electrons. The van der Waals surface area contributed by atoms with Crippen LogP contribution in [0.1, 0.15) is 29.4 Å². The van der Waals surface area contributed by atoms with Crippen LogP contribution in [0.25, 0.3) is 0 Å². The number of aryl methyl sites for hydroxylation is 1. The van der Waals surface area contributed by atoms with Crippen LogP contribution in [0.5, 0.6) is 0 Å². The fraction of sp³-hybridized carbons (Fsp3) is 0.308. The molecule has 0 spiro atoms. The molecule has 20 heavy (non-hydrogen) atoms. The number of anilines is 2. The van der Waals surface area contributed by atoms with Crippen molar-refractivity contribution in [2.45, 2.75) is 20.3 Å². The molecule has 0 aliphatic heterocycles. The molecule has 2 aromatic heterocycles. The van der Waals surface area contributed by atoms with Crippen LogP contribution in [-0.2, 0) is 0 Å². The molecule has 106 valence electrons. The van der Waals surface area contributed by atoms with Gasteiger partial charge in [-0.25, -0.2) is 4.98 Å². The van der Waals surface area contributed by atoms with Gasteiger partial charge in [-0.1, -0.05) is 23.7 Å². The predicted octanol–water partition coefficient (Wildman–Crippen LogP) is 3.11. The normalized spacial score (nSPS) is 10.3. The maximum atomic E-state index is 12.1. The average Bonchev–Trinajstić information content (AvgIpc) is 2.81. The minimum atomic E-state index is -0.329. The van der Waals surface area contributed by atoms with Crippen LogP contribution in [0.15, 0.2) is 22.7 Å². The van der Waals surface area contributed by atoms with Gasteiger partial charge in [0.25, 0.3) is 5.91 Å². The highest BCUT2D eigenvalue weighted by atomic mass is 35.5. The van der Waals surface area contributed by atoms with Crippen molar-refractivity contribution in [3.63, 3.8) is 0 Å². The Morgan fingerprint density at radius 2 is 2.20 bits per heavy atom. The monoisotopic (exact) mass is 294 g/mol. The molecule has 0 aliphatic carbocycles. The summed E-state index contributed by atoms with van der Waals surface area (Å²) in [6, 6.07) is 4.77. The number of pyridine rings is 1. The highest BCUT2D eigenvalue weighted by Crippen LogP contribution is 2.17. The van der Waals surface area contributed by atoms with Crippen LogP contribution in [-0.4, -0.2) is 22.6 Å². The van der Waals surface area contributed by atoms with E-state index in [1.807, 2.05) is 6.92 Å². The number of hydrogen-bond donors (Lipinski definition) is 2. The van der Waals surface area contributed by atoms with Gasteiger partial charge in [-0.2, -0.15) is 0 Å². The summed E-state index contributed by atoms with van der Waals surface area (Å²) >= 11 is 5.91. The van der Waals surface area contributed by atoms with Crippen molar-refractivity contribution in [1.29, 1.82) is 0 Å². The number of carbonyl (C=O) groups excluding carboxylic acids is 1. The highest BCUT2D eigenvalue weighted by Gasteiger charge is 2.11. The van der Waals surface area contributed by atoms with E-state index in [9.17, 15) is 4.79 Å². The van der Waals surface area contributed by atoms with E-state index in [1.54, 1.807) is 19.1 Å². The molecule has 0 saturated heterocycles. The van der Waals surface area contributed by atoms with Crippen molar-refractivity contribution < 1.29 is 9.32 Å². The van der Waals surface area contributed by atoms with Gasteiger partial charge in [-0.15, -0.1) is 0 Å². The summed E-state index contributed by atoms with van der Waals surface area (Å²) in [6.45, 7) is 4.57. The van der Waals surface area contributed by atoms with Gasteiger partial charge >= 0.3 is 0 Å². The Balaban J connectivity index is 2.14. The van der Waals surface area contributed by atoms with Crippen LogP contribution in [0.2, 0.25) is 5.15 Å². The fourth-order valence-electron chi connectivity index (χ4n) is 1.58. The Kier molecular flexibility index (Phi) is 4.57. The van der Waals surface area contributed by atoms with Crippen molar-refractivity contribution in [2.75, 3.05) is 17.2 Å². The Labute approximate surface area is 121 Å². The van der Waals surface area contributed by atoms with Crippen molar-refractivity contribution in [3.05, 3.63) is 34.6 Å². The predicted molar refractivity (Wildman–Crippen MR) is 77.2 cm³/mol. The molecule has 2 aromatic rings. The number of rotatable bonds is 5. The molecule has 2 N–H and O–H groups in total. The summed E-state index contributed by atoms with van der Waals surface area (Å²) in [5.74, 6) is 0.534. The van der Waals surface area contributed by atoms with Gasteiger partial charge in [-0.05, 0) is 25.5 Å². The first-order valence-electron chi connectivity index (χ1n) is 6.24. The van der Waals surface area contributed by atoms with Gasteiger partial charge in [-0.3, -0.25) is 10.1 Å². The summed E-state index contributed by atoms with van der Waals surface area (Å²) in [7, 11) is 0. The van der Waals surface area contributed by atoms with Crippen LogP contribution in [0.3, 0.4) is 0 Å². The van der Waals surface area contributed by atoms with E-state index in [-0.39, 0.29) is 11.1 Å². The van der Waals surface area contributed by atoms with E-state index in [0.717, 1.165) is 13.0 Å². The number of aromatic nitrogens is 2. The number of halogens is 1. The highest BCUT2D eigenvalue weighted by molar-refractivity contribution is 6.30. The van der Waals surface area contributed by atoms with E-state index < -0.39 is 0 Å². The molecule has 0 bridgehead atoms. The molecule has 2 heterocycles. The summed E-state index contributed by atoms with van der Waals surface area (Å²) in [6.07, 6.45) is 0.951. The maximum absolute atomic E-state index is 12.1. The van der Waals surface area contributed by atoms with E-state index in [2.05, 4.69) is 20.8 Å². The van der Waals surface area contributed by atoms with E-state index >= 15 is 0 Å². The lowest BCUT2D eigenvalue weighted by Gasteiger charge is -2.07. The summed E-state index contributed by atoms with van der Waals surface area (Å²) < 4.78 is 4.94. The molecular formula is C13H15ClN4O2. The first-order valence-corrected chi connectivity index (χ1v) is 6.62. The number of nitrogens with one attached hydrogen (secondary N) is 2. The lowest BCUT2D eigenvalue weighted by Crippen LogP contribution is -2.12. The van der Waals surface area contributed by atoms with Crippen molar-refractivity contribution in [3.8, 4) is 0 Å². The zero-order valence-corrected chi connectivity index (χ0v) is 12.0. The van der Waals surface area contributed by atoms with Gasteiger partial charge in [0.1, 0.15) is 11.0 Å². The molecule has 7 heteroatoms. The summed E-state index contributed by atoms with van der Waals surface area (Å²) in [5.41, 5.74) is 1.09. The Bertz CT molecular complexity index is 612. The molecule has 0 unspecified atom stereocenters. The smallest absolute Gasteiger partial charge is 0.258 e. The Hall–Kier alpha value is -2.08. The van der Waals surface area contributed by atoms with Crippen LogP contribution in [0.4, 0.5) is 11.7 Å². The number of amides is 1. The second kappa shape index (κ2) is 6.38. The lowest BCUT2D eigenvalue weighted by molar-refractivity contribution is 0.102. The van der Waals surface area contributed by atoms with Crippen LogP contribution < -0.4 is 10.6 Å². The van der Waals surface area contributed by atoms with Gasteiger partial charge in [0, 0.05) is 18.2 Å². The third kappa shape index (κ3) is 3.71. The largest absolute Gasteiger partial charge is 0.370 e. The maximum Gasteiger partial charge on any atom is 0.258 e. The lowest BCUT2D eigenvalue weighted by atomic mass is 10.2. The minimum Gasteiger partial charge on any atom is -0.370 e. The third-order valence-corrected chi connectivity index (χ3v) is 2.67. The van der Waals surface area contributed by atoms with Crippen molar-refractivity contribution in [1.82, 2.24) is 10.1 Å². The SMILES string of the molecule is CCCNc1cc(C(=O)Nc2cc(C)no2)cc(Cl)n1. The van der Waals surface area contributed by atoms with Crippen molar-refractivity contribution in [2.24, 2.45) is 0 Å². The van der Waals surface area contributed by atoms with Gasteiger partial charge in [0.2, 0.25) is 5.88 Å². The van der Waals surface area contributed by atoms with Gasteiger partial charge in [0.05, 0.1) is 5.69 Å². The third-order valence-electron chi connectivity index (χ3n) is 2.48. The van der Waals surface area contributed by atoms with Crippen molar-refractivity contribution >= 4 is 29.2 Å². The summed E-state index contributed by atoms with van der Waals surface area (Å²) in [4.78, 5) is 16.2. The molecule has 2 rings (SSSR count). The minimum absolute atomic E-state index is 0.255. The molecular weight excluding hydrogens is 280 g/mol. The Morgan fingerprint density at radius 3 is 2.85 bits per heavy atom. The zero-order valence-electron chi connectivity index (χ0n) is 11.2. The molecule has 0 saturated carbocycles. The van der Waals surface area contributed by atoms with E-state index in [0.29, 0.717) is 23.0 Å². The van der Waals surface area contributed by atoms with E-state index in [1.165, 1.54) is 6.07 Å². The second-order valence-electron chi connectivity index (χ2n) is 4.28. The fourth-order valence-corrected chi connectivity index (χ4v) is 1.79. The van der Waals surface area contributed by atoms with Gasteiger partial charge in [0.15, 0.2) is 0 Å². The molecule has 0 aromatic carbocycles. The quantitative estimate of drug-likeness (QED) is 0.828. The standard InChI is InChI=1S/C13H15ClN4O2/c1-3-4-15-11-7-9(6-10(14)16-11)13(19)17-12-5-8(2)18-20-12/h5-7H,3-4H2,1-2H3,(H,15,16)(H,17,19). The Morgan fingerprint density at radius 1 is 1.40 bits per heavy atom. The number of carbonyl (C=O) groups is 1. The topological polar surface area (TPSA) is 80.0 Å². The second-order valence-corrected chi connectivity index (χ2v) is 4.66. The van der Waals surface area contributed by atoms with Crippen LogP contribution in [0, 0.1) is 6.92 Å². The zero-order chi connectivity index (χ0) is 14.5. The number of hydrogen-bond acceptors (Lipinski definition) is 5. The molecule has 0 atom stereocenters.